The number of alkyl carbamates (subject to hydrolysis) is 1. The first kappa shape index (κ1) is 20.7. The van der Waals surface area contributed by atoms with Crippen LogP contribution in [0.25, 0.3) is 0 Å². The summed E-state index contributed by atoms with van der Waals surface area (Å²) in [6, 6.07) is 0. The lowest BCUT2D eigenvalue weighted by molar-refractivity contribution is -0.116. The molecule has 2 amide bonds. The average Bonchev–Trinajstić information content (AvgIpc) is 3.23. The van der Waals surface area contributed by atoms with Crippen LogP contribution in [-0.2, 0) is 9.53 Å². The van der Waals surface area contributed by atoms with Crippen molar-refractivity contribution >= 4 is 12.0 Å². The maximum absolute atomic E-state index is 10.7. The summed E-state index contributed by atoms with van der Waals surface area (Å²) in [5.41, 5.74) is 0.276. The van der Waals surface area contributed by atoms with E-state index in [4.69, 9.17) is 5.11 Å². The lowest BCUT2D eigenvalue weighted by atomic mass is 9.82. The molecule has 3 fully saturated rings. The van der Waals surface area contributed by atoms with Crippen molar-refractivity contribution in [2.24, 2.45) is 23.7 Å². The zero-order chi connectivity index (χ0) is 18.1. The highest BCUT2D eigenvalue weighted by Gasteiger charge is 2.48. The molecule has 2 bridgehead atoms. The van der Waals surface area contributed by atoms with Crippen molar-refractivity contribution < 1.29 is 19.4 Å². The van der Waals surface area contributed by atoms with E-state index in [0.29, 0.717) is 0 Å². The average molecular weight is 339 g/mol. The molecule has 0 aliphatic heterocycles. The van der Waals surface area contributed by atoms with Gasteiger partial charge in [-0.15, -0.1) is 0 Å². The molecule has 0 aromatic carbocycles. The largest absolute Gasteiger partial charge is 0.450 e. The van der Waals surface area contributed by atoms with Gasteiger partial charge in [0.15, 0.2) is 0 Å². The second-order valence-electron chi connectivity index (χ2n) is 6.86. The fraction of sp³-hybridized carbons (Fsp3) is 0.789. The van der Waals surface area contributed by atoms with Gasteiger partial charge in [-0.05, 0) is 76.5 Å². The van der Waals surface area contributed by atoms with E-state index >= 15 is 0 Å². The number of imide groups is 1. The molecule has 0 aromatic heterocycles. The first-order valence-electron chi connectivity index (χ1n) is 9.18. The third-order valence-corrected chi connectivity index (χ3v) is 5.23. The van der Waals surface area contributed by atoms with Crippen molar-refractivity contribution in [1.82, 2.24) is 5.32 Å². The van der Waals surface area contributed by atoms with Crippen molar-refractivity contribution in [3.8, 4) is 0 Å². The van der Waals surface area contributed by atoms with E-state index < -0.39 is 12.0 Å². The molecule has 2 N–H and O–H groups in total. The third kappa shape index (κ3) is 5.93. The number of carbonyl (C=O) groups is 2. The van der Waals surface area contributed by atoms with Crippen LogP contribution in [0, 0.1) is 23.7 Å². The van der Waals surface area contributed by atoms with E-state index in [1.54, 1.807) is 52.4 Å². The molecular weight excluding hydrogens is 306 g/mol. The molecule has 4 unspecified atom stereocenters. The Labute approximate surface area is 145 Å². The highest BCUT2D eigenvalue weighted by Crippen LogP contribution is 2.58. The highest BCUT2D eigenvalue weighted by molar-refractivity contribution is 6.01. The molecule has 3 aliphatic carbocycles. The van der Waals surface area contributed by atoms with Gasteiger partial charge in [-0.2, -0.15) is 0 Å². The number of amides is 2. The van der Waals surface area contributed by atoms with Crippen molar-refractivity contribution in [3.63, 3.8) is 0 Å². The predicted octanol–water partition coefficient (Wildman–Crippen LogP) is 3.67. The van der Waals surface area contributed by atoms with E-state index in [1.165, 1.54) is 30.6 Å². The van der Waals surface area contributed by atoms with Gasteiger partial charge < -0.3 is 9.84 Å². The SMILES string of the molecule is C1CC2C3CCC(C3)C2C1.C=C(C)C(=O)NC(=O)OCC.CCO. The zero-order valence-corrected chi connectivity index (χ0v) is 15.3. The normalized spacial score (nSPS) is 28.7. The van der Waals surface area contributed by atoms with Crippen LogP contribution in [0.3, 0.4) is 0 Å². The Bertz CT molecular complexity index is 419. The molecule has 5 heteroatoms. The summed E-state index contributed by atoms with van der Waals surface area (Å²) in [6.45, 7) is 8.69. The minimum atomic E-state index is -0.736. The van der Waals surface area contributed by atoms with E-state index in [2.05, 4.69) is 11.3 Å². The molecule has 0 saturated heterocycles. The van der Waals surface area contributed by atoms with Gasteiger partial charge in [0, 0.05) is 12.2 Å². The molecule has 3 rings (SSSR count). The first-order valence-corrected chi connectivity index (χ1v) is 9.18. The Kier molecular flexibility index (Phi) is 9.04. The Hall–Kier alpha value is -1.36. The number of ether oxygens (including phenoxy) is 1. The van der Waals surface area contributed by atoms with Crippen LogP contribution in [0.1, 0.15) is 59.3 Å². The number of nitrogens with one attached hydrogen (secondary N) is 1. The van der Waals surface area contributed by atoms with Gasteiger partial charge >= 0.3 is 6.09 Å². The van der Waals surface area contributed by atoms with Gasteiger partial charge in [-0.3, -0.25) is 10.1 Å². The van der Waals surface area contributed by atoms with Gasteiger partial charge in [0.05, 0.1) is 6.61 Å². The topological polar surface area (TPSA) is 75.6 Å². The molecule has 0 heterocycles. The highest BCUT2D eigenvalue weighted by atomic mass is 16.5. The fourth-order valence-corrected chi connectivity index (χ4v) is 4.39. The minimum Gasteiger partial charge on any atom is -0.450 e. The number of hydrogen-bond acceptors (Lipinski definition) is 4. The summed E-state index contributed by atoms with van der Waals surface area (Å²) in [5.74, 6) is 4.29. The summed E-state index contributed by atoms with van der Waals surface area (Å²) in [5, 5.41) is 9.55. The molecule has 4 atom stereocenters. The van der Waals surface area contributed by atoms with Crippen LogP contribution in [0.4, 0.5) is 4.79 Å². The van der Waals surface area contributed by atoms with Crippen LogP contribution >= 0.6 is 0 Å². The summed E-state index contributed by atoms with van der Waals surface area (Å²) >= 11 is 0. The van der Waals surface area contributed by atoms with Gasteiger partial charge in [-0.25, -0.2) is 4.79 Å². The maximum Gasteiger partial charge on any atom is 0.414 e. The second kappa shape index (κ2) is 10.5. The number of fused-ring (bicyclic) bond motifs is 5. The van der Waals surface area contributed by atoms with Gasteiger partial charge in [-0.1, -0.05) is 13.0 Å². The molecular formula is C19H33NO4. The molecule has 0 spiro atoms. The van der Waals surface area contributed by atoms with Crippen LogP contribution in [0.15, 0.2) is 12.2 Å². The lowest BCUT2D eigenvalue weighted by Gasteiger charge is -2.23. The van der Waals surface area contributed by atoms with Gasteiger partial charge in [0.2, 0.25) is 0 Å². The quantitative estimate of drug-likeness (QED) is 0.753. The second-order valence-corrected chi connectivity index (χ2v) is 6.86. The zero-order valence-electron chi connectivity index (χ0n) is 15.3. The number of hydrogen-bond donors (Lipinski definition) is 2. The summed E-state index contributed by atoms with van der Waals surface area (Å²) in [4.78, 5) is 21.3. The minimum absolute atomic E-state index is 0.245. The molecule has 138 valence electrons. The van der Waals surface area contributed by atoms with Gasteiger partial charge in [0.1, 0.15) is 0 Å². The number of carbonyl (C=O) groups excluding carboxylic acids is 2. The number of aliphatic hydroxyl groups excluding tert-OH is 1. The Morgan fingerprint density at radius 1 is 1.12 bits per heavy atom. The Morgan fingerprint density at radius 3 is 2.04 bits per heavy atom. The standard InChI is InChI=1S/C10H16.C7H11NO3.C2H6O/c1-2-9-7-4-5-8(6-7)10(9)3-1;1-4-11-7(10)8-6(9)5(2)3;1-2-3/h7-10H,1-6H2;2,4H2,1,3H3,(H,8,9,10);3H,2H2,1H3. The molecule has 24 heavy (non-hydrogen) atoms. The number of aliphatic hydroxyl groups is 1. The van der Waals surface area contributed by atoms with E-state index in [1.807, 2.05) is 5.32 Å². The summed E-state index contributed by atoms with van der Waals surface area (Å²) < 4.78 is 4.45. The Morgan fingerprint density at radius 2 is 1.62 bits per heavy atom. The Balaban J connectivity index is 0.000000207. The fourth-order valence-electron chi connectivity index (χ4n) is 4.39. The summed E-state index contributed by atoms with van der Waals surface area (Å²) in [7, 11) is 0. The van der Waals surface area contributed by atoms with Crippen LogP contribution in [0.5, 0.6) is 0 Å². The molecule has 0 radical (unpaired) electrons. The number of rotatable bonds is 2. The summed E-state index contributed by atoms with van der Waals surface area (Å²) in [6.07, 6.45) is 8.80. The van der Waals surface area contributed by atoms with Crippen LogP contribution < -0.4 is 5.32 Å². The van der Waals surface area contributed by atoms with E-state index in [-0.39, 0.29) is 18.8 Å². The van der Waals surface area contributed by atoms with Crippen molar-refractivity contribution in [2.45, 2.75) is 59.3 Å². The molecule has 3 saturated carbocycles. The third-order valence-electron chi connectivity index (χ3n) is 5.23. The molecule has 3 aliphatic rings. The van der Waals surface area contributed by atoms with Crippen molar-refractivity contribution in [3.05, 3.63) is 12.2 Å². The van der Waals surface area contributed by atoms with Crippen molar-refractivity contribution in [2.75, 3.05) is 13.2 Å². The molecule has 0 aromatic rings. The predicted molar refractivity (Wildman–Crippen MR) is 94.4 cm³/mol. The maximum atomic E-state index is 10.7. The van der Waals surface area contributed by atoms with Crippen molar-refractivity contribution in [1.29, 1.82) is 0 Å². The first-order chi connectivity index (χ1) is 11.4. The smallest absolute Gasteiger partial charge is 0.414 e. The monoisotopic (exact) mass is 339 g/mol. The molecule has 5 nitrogen and oxygen atoms in total. The van der Waals surface area contributed by atoms with E-state index in [9.17, 15) is 9.59 Å². The van der Waals surface area contributed by atoms with Crippen LogP contribution in [0.2, 0.25) is 0 Å². The van der Waals surface area contributed by atoms with Gasteiger partial charge in [0.25, 0.3) is 5.91 Å². The van der Waals surface area contributed by atoms with E-state index in [0.717, 1.165) is 0 Å². The lowest BCUT2D eigenvalue weighted by Crippen LogP contribution is -2.31. The van der Waals surface area contributed by atoms with Crippen LogP contribution in [-0.4, -0.2) is 30.3 Å².